The molecule has 0 bridgehead atoms. The van der Waals surface area contributed by atoms with Crippen molar-refractivity contribution in [1.82, 2.24) is 5.43 Å². The molecule has 30 heavy (non-hydrogen) atoms. The van der Waals surface area contributed by atoms with E-state index in [1.807, 2.05) is 22.6 Å². The fourth-order valence-corrected chi connectivity index (χ4v) is 5.10. The summed E-state index contributed by atoms with van der Waals surface area (Å²) in [6, 6.07) is 9.38. The number of fused-ring (bicyclic) bond motifs is 1. The molecular formula is C18H11BrIN3O6S. The molecule has 0 radical (unpaired) electrons. The van der Waals surface area contributed by atoms with E-state index in [2.05, 4.69) is 26.5 Å². The predicted octanol–water partition coefficient (Wildman–Crippen LogP) is 4.40. The van der Waals surface area contributed by atoms with Crippen molar-refractivity contribution in [3.05, 3.63) is 65.0 Å². The van der Waals surface area contributed by atoms with Crippen LogP contribution in [0, 0.1) is 13.7 Å². The Balaban J connectivity index is 1.70. The summed E-state index contributed by atoms with van der Waals surface area (Å²) in [5, 5.41) is 24.1. The number of hydrogen-bond acceptors (Lipinski definition) is 7. The fourth-order valence-electron chi connectivity index (χ4n) is 2.40. The molecule has 0 aliphatic rings. The van der Waals surface area contributed by atoms with Gasteiger partial charge in [0, 0.05) is 22.2 Å². The van der Waals surface area contributed by atoms with Crippen molar-refractivity contribution in [1.29, 1.82) is 0 Å². The molecule has 0 unspecified atom stereocenters. The highest BCUT2D eigenvalue weighted by atomic mass is 127. The third kappa shape index (κ3) is 5.31. The minimum atomic E-state index is -1.08. The molecule has 12 heteroatoms. The van der Waals surface area contributed by atoms with Crippen LogP contribution >= 0.6 is 49.9 Å². The molecule has 9 nitrogen and oxygen atoms in total. The first-order valence-corrected chi connectivity index (χ1v) is 10.8. The van der Waals surface area contributed by atoms with Crippen LogP contribution in [0.3, 0.4) is 0 Å². The smallest absolute Gasteiger partial charge is 0.341 e. The molecule has 0 saturated heterocycles. The Kier molecular flexibility index (Phi) is 6.99. The monoisotopic (exact) mass is 603 g/mol. The number of amides is 1. The van der Waals surface area contributed by atoms with E-state index in [0.29, 0.717) is 29.6 Å². The van der Waals surface area contributed by atoms with E-state index in [0.717, 1.165) is 4.70 Å². The highest BCUT2D eigenvalue weighted by Crippen LogP contribution is 2.32. The maximum atomic E-state index is 12.3. The summed E-state index contributed by atoms with van der Waals surface area (Å²) in [4.78, 5) is 33.7. The average Bonchev–Trinajstić information content (AvgIpc) is 3.10. The van der Waals surface area contributed by atoms with E-state index in [9.17, 15) is 19.7 Å². The molecule has 154 valence electrons. The number of carbonyl (C=O) groups excluding carboxylic acids is 1. The molecule has 0 aliphatic heterocycles. The zero-order valence-electron chi connectivity index (χ0n) is 14.8. The number of hydrazone groups is 1. The van der Waals surface area contributed by atoms with Crippen LogP contribution in [0.1, 0.15) is 15.2 Å². The molecular weight excluding hydrogens is 593 g/mol. The van der Waals surface area contributed by atoms with E-state index in [1.54, 1.807) is 24.3 Å². The number of nitrogens with zero attached hydrogens (tertiary/aromatic N) is 2. The summed E-state index contributed by atoms with van der Waals surface area (Å²) in [5.74, 6) is -1.12. The van der Waals surface area contributed by atoms with Gasteiger partial charge >= 0.3 is 5.97 Å². The van der Waals surface area contributed by atoms with E-state index >= 15 is 0 Å². The van der Waals surface area contributed by atoms with Crippen molar-refractivity contribution in [3.8, 4) is 5.75 Å². The molecule has 0 atom stereocenters. The second kappa shape index (κ2) is 9.49. The normalized spacial score (nSPS) is 11.0. The molecule has 0 saturated carbocycles. The van der Waals surface area contributed by atoms with Gasteiger partial charge in [-0.15, -0.1) is 11.3 Å². The number of nitro groups is 1. The Hall–Kier alpha value is -2.58. The van der Waals surface area contributed by atoms with Crippen molar-refractivity contribution in [3.63, 3.8) is 0 Å². The maximum Gasteiger partial charge on any atom is 0.341 e. The SMILES string of the molecule is O=C(O)COc1c(Br)cc(/C=N\NC(=O)c2cc3cc([N+](=O)[O-])ccc3s2)cc1I. The van der Waals surface area contributed by atoms with Crippen LogP contribution in [-0.4, -0.2) is 34.7 Å². The van der Waals surface area contributed by atoms with Gasteiger partial charge in [-0.2, -0.15) is 5.10 Å². The summed E-state index contributed by atoms with van der Waals surface area (Å²) in [5.41, 5.74) is 3.03. The van der Waals surface area contributed by atoms with Gasteiger partial charge in [0.1, 0.15) is 5.75 Å². The van der Waals surface area contributed by atoms with Gasteiger partial charge in [0.05, 0.1) is 24.1 Å². The maximum absolute atomic E-state index is 12.3. The zero-order valence-corrected chi connectivity index (χ0v) is 19.4. The number of non-ortho nitro benzene ring substituents is 1. The first-order valence-electron chi connectivity index (χ1n) is 8.09. The second-order valence-corrected chi connectivity index (χ2v) is 8.89. The Morgan fingerprint density at radius 3 is 2.77 bits per heavy atom. The van der Waals surface area contributed by atoms with Gasteiger partial charge in [0.25, 0.3) is 11.6 Å². The van der Waals surface area contributed by atoms with Crippen molar-refractivity contribution in [2.24, 2.45) is 5.10 Å². The van der Waals surface area contributed by atoms with E-state index in [1.165, 1.54) is 29.7 Å². The standard InChI is InChI=1S/C18H11BrIN3O6S/c19-12-3-9(4-13(20)17(12)29-8-16(24)25)7-21-22-18(26)15-6-10-5-11(23(27)28)1-2-14(10)30-15/h1-7H,8H2,(H,22,26)(H,24,25)/b21-7-. The number of ether oxygens (including phenoxy) is 1. The molecule has 1 amide bonds. The lowest BCUT2D eigenvalue weighted by Crippen LogP contribution is -2.16. The molecule has 0 spiro atoms. The highest BCUT2D eigenvalue weighted by Gasteiger charge is 2.13. The molecule has 0 aliphatic carbocycles. The zero-order chi connectivity index (χ0) is 21.8. The van der Waals surface area contributed by atoms with Gasteiger partial charge in [-0.25, -0.2) is 10.2 Å². The lowest BCUT2D eigenvalue weighted by Gasteiger charge is -2.09. The summed E-state index contributed by atoms with van der Waals surface area (Å²) in [6.07, 6.45) is 1.43. The van der Waals surface area contributed by atoms with Crippen LogP contribution in [0.4, 0.5) is 5.69 Å². The molecule has 1 heterocycles. The van der Waals surface area contributed by atoms with Gasteiger partial charge < -0.3 is 9.84 Å². The average molecular weight is 604 g/mol. The topological polar surface area (TPSA) is 131 Å². The van der Waals surface area contributed by atoms with Gasteiger partial charge in [0.15, 0.2) is 6.61 Å². The van der Waals surface area contributed by atoms with Crippen molar-refractivity contribution in [2.45, 2.75) is 0 Å². The molecule has 0 fully saturated rings. The number of nitrogens with one attached hydrogen (secondary N) is 1. The van der Waals surface area contributed by atoms with E-state index in [4.69, 9.17) is 9.84 Å². The number of rotatable bonds is 7. The minimum Gasteiger partial charge on any atom is -0.480 e. The van der Waals surface area contributed by atoms with Crippen LogP contribution in [0.25, 0.3) is 10.1 Å². The summed E-state index contributed by atoms with van der Waals surface area (Å²) in [6.45, 7) is -0.462. The molecule has 2 N–H and O–H groups in total. The number of carbonyl (C=O) groups is 2. The Labute approximate surface area is 195 Å². The molecule has 3 aromatic rings. The fraction of sp³-hybridized carbons (Fsp3) is 0.0556. The van der Waals surface area contributed by atoms with Crippen LogP contribution in [-0.2, 0) is 4.79 Å². The van der Waals surface area contributed by atoms with Gasteiger partial charge in [0.2, 0.25) is 0 Å². The molecule has 2 aromatic carbocycles. The number of hydrogen-bond donors (Lipinski definition) is 2. The Morgan fingerprint density at radius 1 is 1.33 bits per heavy atom. The number of nitro benzene ring substituents is 1. The number of aliphatic carboxylic acids is 1. The van der Waals surface area contributed by atoms with Gasteiger partial charge in [-0.3, -0.25) is 14.9 Å². The number of halogens is 2. The highest BCUT2D eigenvalue weighted by molar-refractivity contribution is 14.1. The van der Waals surface area contributed by atoms with Crippen LogP contribution in [0.15, 0.2) is 46.0 Å². The lowest BCUT2D eigenvalue weighted by molar-refractivity contribution is -0.384. The third-order valence-corrected chi connectivity index (χ3v) is 6.18. The number of carboxylic acid groups (broad SMARTS) is 1. The van der Waals surface area contributed by atoms with E-state index < -0.39 is 23.4 Å². The Bertz CT molecular complexity index is 1170. The molecule has 3 rings (SSSR count). The predicted molar refractivity (Wildman–Crippen MR) is 124 cm³/mol. The van der Waals surface area contributed by atoms with Gasteiger partial charge in [-0.05, 0) is 68.3 Å². The number of carboxylic acids is 1. The van der Waals surface area contributed by atoms with Crippen LogP contribution < -0.4 is 10.2 Å². The first-order chi connectivity index (χ1) is 14.2. The lowest BCUT2D eigenvalue weighted by atomic mass is 10.2. The quantitative estimate of drug-likeness (QED) is 0.178. The van der Waals surface area contributed by atoms with Gasteiger partial charge in [-0.1, -0.05) is 0 Å². The summed E-state index contributed by atoms with van der Waals surface area (Å²) in [7, 11) is 0. The summed E-state index contributed by atoms with van der Waals surface area (Å²) < 4.78 is 7.20. The Morgan fingerprint density at radius 2 is 2.10 bits per heavy atom. The number of thiophene rings is 1. The molecule has 1 aromatic heterocycles. The van der Waals surface area contributed by atoms with Crippen molar-refractivity contribution in [2.75, 3.05) is 6.61 Å². The van der Waals surface area contributed by atoms with Crippen LogP contribution in [0.2, 0.25) is 0 Å². The summed E-state index contributed by atoms with van der Waals surface area (Å²) >= 11 is 6.53. The minimum absolute atomic E-state index is 0.0405. The van der Waals surface area contributed by atoms with E-state index in [-0.39, 0.29) is 5.69 Å². The first kappa shape index (κ1) is 22.1. The third-order valence-electron chi connectivity index (χ3n) is 3.67. The van der Waals surface area contributed by atoms with Crippen molar-refractivity contribution < 1.29 is 24.4 Å². The largest absolute Gasteiger partial charge is 0.480 e. The second-order valence-electron chi connectivity index (χ2n) is 5.79. The van der Waals surface area contributed by atoms with Crippen molar-refractivity contribution >= 4 is 83.7 Å². The van der Waals surface area contributed by atoms with Crippen LogP contribution in [0.5, 0.6) is 5.75 Å². The number of benzene rings is 2.